The maximum absolute atomic E-state index is 12.2. The van der Waals surface area contributed by atoms with E-state index in [4.69, 9.17) is 9.47 Å². The van der Waals surface area contributed by atoms with Gasteiger partial charge in [0.25, 0.3) is 5.91 Å². The number of para-hydroxylation sites is 1. The molecule has 0 aromatic heterocycles. The van der Waals surface area contributed by atoms with E-state index in [1.54, 1.807) is 18.2 Å². The van der Waals surface area contributed by atoms with Gasteiger partial charge in [-0.1, -0.05) is 42.5 Å². The van der Waals surface area contributed by atoms with Crippen LogP contribution in [-0.4, -0.2) is 20.1 Å². The van der Waals surface area contributed by atoms with Gasteiger partial charge in [0.2, 0.25) is 0 Å². The Morgan fingerprint density at radius 2 is 1.88 bits per heavy atom. The summed E-state index contributed by atoms with van der Waals surface area (Å²) in [6.07, 6.45) is 1.49. The molecule has 0 heterocycles. The van der Waals surface area contributed by atoms with Crippen LogP contribution in [0.2, 0.25) is 0 Å². The summed E-state index contributed by atoms with van der Waals surface area (Å²) in [5.74, 6) is 0.572. The van der Waals surface area contributed by atoms with Crippen LogP contribution in [0, 0.1) is 11.3 Å². The van der Waals surface area contributed by atoms with Crippen LogP contribution in [0.25, 0.3) is 6.08 Å². The predicted octanol–water partition coefficient (Wildman–Crippen LogP) is 2.93. The molecule has 0 saturated carbocycles. The van der Waals surface area contributed by atoms with Crippen molar-refractivity contribution in [3.8, 4) is 17.6 Å². The minimum Gasteiger partial charge on any atom is -0.493 e. The van der Waals surface area contributed by atoms with Crippen molar-refractivity contribution in [2.45, 2.75) is 6.54 Å². The van der Waals surface area contributed by atoms with Gasteiger partial charge >= 0.3 is 0 Å². The standard InChI is InChI=1S/C19H18N2O3/c1-23-17-10-6-9-15(18(17)24-2)11-16(12-20)19(22)21-13-14-7-4-3-5-8-14/h3-11H,13H2,1-2H3,(H,21,22)/b16-11-. The number of benzene rings is 2. The fraction of sp³-hybridized carbons (Fsp3) is 0.158. The van der Waals surface area contributed by atoms with E-state index >= 15 is 0 Å². The van der Waals surface area contributed by atoms with Gasteiger partial charge in [0.1, 0.15) is 11.6 Å². The number of rotatable bonds is 6. The molecule has 2 rings (SSSR count). The Labute approximate surface area is 141 Å². The molecule has 5 nitrogen and oxygen atoms in total. The van der Waals surface area contributed by atoms with Crippen LogP contribution in [0.1, 0.15) is 11.1 Å². The Morgan fingerprint density at radius 3 is 2.50 bits per heavy atom. The summed E-state index contributed by atoms with van der Waals surface area (Å²) >= 11 is 0. The minimum absolute atomic E-state index is 0.00233. The molecule has 1 N–H and O–H groups in total. The predicted molar refractivity (Wildman–Crippen MR) is 91.4 cm³/mol. The van der Waals surface area contributed by atoms with E-state index in [0.717, 1.165) is 5.56 Å². The zero-order valence-electron chi connectivity index (χ0n) is 13.6. The summed E-state index contributed by atoms with van der Waals surface area (Å²) in [6.45, 7) is 0.355. The third-order valence-corrected chi connectivity index (χ3v) is 3.39. The van der Waals surface area contributed by atoms with E-state index in [-0.39, 0.29) is 5.57 Å². The lowest BCUT2D eigenvalue weighted by Gasteiger charge is -2.10. The van der Waals surface area contributed by atoms with Gasteiger partial charge < -0.3 is 14.8 Å². The molecule has 0 fully saturated rings. The van der Waals surface area contributed by atoms with Gasteiger partial charge in [-0.3, -0.25) is 4.79 Å². The second-order valence-electron chi connectivity index (χ2n) is 4.92. The number of hydrogen-bond donors (Lipinski definition) is 1. The molecule has 0 bridgehead atoms. The first-order chi connectivity index (χ1) is 11.7. The summed E-state index contributed by atoms with van der Waals surface area (Å²) < 4.78 is 10.5. The third-order valence-electron chi connectivity index (χ3n) is 3.39. The lowest BCUT2D eigenvalue weighted by Crippen LogP contribution is -2.23. The number of amides is 1. The average Bonchev–Trinajstić information content (AvgIpc) is 2.64. The topological polar surface area (TPSA) is 71.3 Å². The third kappa shape index (κ3) is 4.14. The number of hydrogen-bond acceptors (Lipinski definition) is 4. The SMILES string of the molecule is COc1cccc(/C=C(/C#N)C(=O)NCc2ccccc2)c1OC. The van der Waals surface area contributed by atoms with Crippen LogP contribution >= 0.6 is 0 Å². The highest BCUT2D eigenvalue weighted by molar-refractivity contribution is 6.02. The van der Waals surface area contributed by atoms with Gasteiger partial charge in [0.15, 0.2) is 11.5 Å². The van der Waals surface area contributed by atoms with E-state index < -0.39 is 5.91 Å². The maximum Gasteiger partial charge on any atom is 0.262 e. The molecular weight excluding hydrogens is 304 g/mol. The van der Waals surface area contributed by atoms with Crippen molar-refractivity contribution in [3.05, 3.63) is 65.2 Å². The lowest BCUT2D eigenvalue weighted by atomic mass is 10.1. The summed E-state index contributed by atoms with van der Waals surface area (Å²) in [5.41, 5.74) is 1.56. The first kappa shape index (κ1) is 17.1. The second-order valence-corrected chi connectivity index (χ2v) is 4.92. The molecule has 2 aromatic carbocycles. The van der Waals surface area contributed by atoms with Crippen LogP contribution < -0.4 is 14.8 Å². The molecule has 122 valence electrons. The number of carbonyl (C=O) groups excluding carboxylic acids is 1. The number of nitrogens with zero attached hydrogens (tertiary/aromatic N) is 1. The van der Waals surface area contributed by atoms with Crippen LogP contribution in [0.4, 0.5) is 0 Å². The lowest BCUT2D eigenvalue weighted by molar-refractivity contribution is -0.117. The fourth-order valence-corrected chi connectivity index (χ4v) is 2.20. The Morgan fingerprint density at radius 1 is 1.12 bits per heavy atom. The second kappa shape index (κ2) is 8.39. The van der Waals surface area contributed by atoms with Gasteiger partial charge in [-0.05, 0) is 17.7 Å². The highest BCUT2D eigenvalue weighted by Crippen LogP contribution is 2.32. The Hall–Kier alpha value is -3.26. The number of carbonyl (C=O) groups is 1. The van der Waals surface area contributed by atoms with Crippen molar-refractivity contribution in [3.63, 3.8) is 0 Å². The monoisotopic (exact) mass is 322 g/mol. The first-order valence-corrected chi connectivity index (χ1v) is 7.34. The highest BCUT2D eigenvalue weighted by atomic mass is 16.5. The van der Waals surface area contributed by atoms with E-state index in [1.165, 1.54) is 20.3 Å². The highest BCUT2D eigenvalue weighted by Gasteiger charge is 2.13. The van der Waals surface area contributed by atoms with E-state index in [2.05, 4.69) is 5.32 Å². The van der Waals surface area contributed by atoms with Gasteiger partial charge in [0.05, 0.1) is 14.2 Å². The molecule has 0 aliphatic heterocycles. The van der Waals surface area contributed by atoms with Crippen LogP contribution in [-0.2, 0) is 11.3 Å². The smallest absolute Gasteiger partial charge is 0.262 e. The molecule has 5 heteroatoms. The molecule has 0 unspecified atom stereocenters. The maximum atomic E-state index is 12.2. The number of nitriles is 1. The van der Waals surface area contributed by atoms with Crippen molar-refractivity contribution in [2.24, 2.45) is 0 Å². The zero-order valence-corrected chi connectivity index (χ0v) is 13.6. The summed E-state index contributed by atoms with van der Waals surface area (Å²) in [7, 11) is 3.04. The average molecular weight is 322 g/mol. The van der Waals surface area contributed by atoms with E-state index in [1.807, 2.05) is 36.4 Å². The first-order valence-electron chi connectivity index (χ1n) is 7.34. The molecule has 0 aliphatic rings. The summed E-state index contributed by atoms with van der Waals surface area (Å²) in [4.78, 5) is 12.2. The van der Waals surface area contributed by atoms with Crippen molar-refractivity contribution in [1.29, 1.82) is 5.26 Å². The number of nitrogens with one attached hydrogen (secondary N) is 1. The molecule has 1 amide bonds. The molecule has 2 aromatic rings. The normalized spacial score (nSPS) is 10.6. The Kier molecular flexibility index (Phi) is 5.98. The quantitative estimate of drug-likeness (QED) is 0.655. The number of methoxy groups -OCH3 is 2. The Balaban J connectivity index is 2.20. The van der Waals surface area contributed by atoms with Crippen LogP contribution in [0.15, 0.2) is 54.1 Å². The summed E-state index contributed by atoms with van der Waals surface area (Å²) in [6, 6.07) is 16.7. The van der Waals surface area contributed by atoms with Crippen LogP contribution in [0.5, 0.6) is 11.5 Å². The largest absolute Gasteiger partial charge is 0.493 e. The van der Waals surface area contributed by atoms with Gasteiger partial charge in [-0.25, -0.2) is 0 Å². The molecular formula is C19H18N2O3. The van der Waals surface area contributed by atoms with Crippen molar-refractivity contribution in [2.75, 3.05) is 14.2 Å². The number of ether oxygens (including phenoxy) is 2. The molecule has 0 atom stereocenters. The van der Waals surface area contributed by atoms with Gasteiger partial charge in [-0.2, -0.15) is 5.26 Å². The molecule has 0 radical (unpaired) electrons. The molecule has 0 spiro atoms. The minimum atomic E-state index is -0.439. The molecule has 24 heavy (non-hydrogen) atoms. The molecule has 0 saturated heterocycles. The van der Waals surface area contributed by atoms with Crippen molar-refractivity contribution >= 4 is 12.0 Å². The Bertz CT molecular complexity index is 777. The van der Waals surface area contributed by atoms with E-state index in [0.29, 0.717) is 23.6 Å². The van der Waals surface area contributed by atoms with E-state index in [9.17, 15) is 10.1 Å². The zero-order chi connectivity index (χ0) is 17.4. The van der Waals surface area contributed by atoms with Gasteiger partial charge in [-0.15, -0.1) is 0 Å². The van der Waals surface area contributed by atoms with Crippen molar-refractivity contribution in [1.82, 2.24) is 5.32 Å². The summed E-state index contributed by atoms with van der Waals surface area (Å²) in [5, 5.41) is 12.0. The van der Waals surface area contributed by atoms with Crippen LogP contribution in [0.3, 0.4) is 0 Å². The molecule has 0 aliphatic carbocycles. The van der Waals surface area contributed by atoms with Crippen molar-refractivity contribution < 1.29 is 14.3 Å². The fourth-order valence-electron chi connectivity index (χ4n) is 2.20. The van der Waals surface area contributed by atoms with Gasteiger partial charge in [0, 0.05) is 12.1 Å².